The minimum absolute atomic E-state index is 0.186. The van der Waals surface area contributed by atoms with Gasteiger partial charge in [-0.3, -0.25) is 4.79 Å². The largest absolute Gasteiger partial charge is 0.354 e. The first kappa shape index (κ1) is 19.4. The molecule has 4 nitrogen and oxygen atoms in total. The smallest absolute Gasteiger partial charge is 0.220 e. The van der Waals surface area contributed by atoms with E-state index in [1.807, 2.05) is 0 Å². The lowest BCUT2D eigenvalue weighted by molar-refractivity contribution is -0.121. The third-order valence-corrected chi connectivity index (χ3v) is 3.55. The van der Waals surface area contributed by atoms with Crippen molar-refractivity contribution < 1.29 is 4.79 Å². The minimum atomic E-state index is 0.186. The second-order valence-electron chi connectivity index (χ2n) is 5.85. The molecule has 1 amide bonds. The number of hydrogen-bond donors (Lipinski definition) is 2. The molecule has 0 rings (SSSR count). The zero-order valence-electron chi connectivity index (χ0n) is 14.2. The van der Waals surface area contributed by atoms with Crippen molar-refractivity contribution in [2.24, 2.45) is 0 Å². The van der Waals surface area contributed by atoms with E-state index in [1.165, 1.54) is 0 Å². The van der Waals surface area contributed by atoms with Gasteiger partial charge < -0.3 is 15.5 Å². The average molecular weight is 285 g/mol. The third-order valence-electron chi connectivity index (χ3n) is 3.55. The number of nitrogens with zero attached hydrogens (tertiary/aromatic N) is 1. The molecule has 0 heterocycles. The van der Waals surface area contributed by atoms with Crippen molar-refractivity contribution in [3.05, 3.63) is 0 Å². The molecule has 0 aliphatic heterocycles. The van der Waals surface area contributed by atoms with Crippen molar-refractivity contribution in [1.82, 2.24) is 15.5 Å². The Balaban J connectivity index is 3.59. The summed E-state index contributed by atoms with van der Waals surface area (Å²) < 4.78 is 0. The van der Waals surface area contributed by atoms with Crippen LogP contribution in [-0.4, -0.2) is 49.1 Å². The second-order valence-corrected chi connectivity index (χ2v) is 5.85. The van der Waals surface area contributed by atoms with E-state index in [-0.39, 0.29) is 11.9 Å². The van der Waals surface area contributed by atoms with Gasteiger partial charge in [0.25, 0.3) is 0 Å². The zero-order chi connectivity index (χ0) is 15.4. The molecule has 120 valence electrons. The molecule has 1 atom stereocenters. The first-order valence-corrected chi connectivity index (χ1v) is 8.24. The van der Waals surface area contributed by atoms with Gasteiger partial charge in [0.05, 0.1) is 0 Å². The topological polar surface area (TPSA) is 44.4 Å². The van der Waals surface area contributed by atoms with E-state index in [9.17, 15) is 4.79 Å². The van der Waals surface area contributed by atoms with Crippen molar-refractivity contribution in [2.75, 3.05) is 26.2 Å². The fourth-order valence-electron chi connectivity index (χ4n) is 2.22. The van der Waals surface area contributed by atoms with Gasteiger partial charge in [-0.1, -0.05) is 27.7 Å². The van der Waals surface area contributed by atoms with Gasteiger partial charge >= 0.3 is 0 Å². The molecule has 0 fully saturated rings. The molecule has 0 aliphatic rings. The first-order chi connectivity index (χ1) is 9.49. The molecule has 1 unspecified atom stereocenters. The number of nitrogens with one attached hydrogen (secondary N) is 2. The molecule has 0 aliphatic carbocycles. The first-order valence-electron chi connectivity index (χ1n) is 8.24. The number of amides is 1. The highest BCUT2D eigenvalue weighted by atomic mass is 16.1. The molecule has 0 aromatic rings. The van der Waals surface area contributed by atoms with E-state index in [0.29, 0.717) is 12.5 Å². The number of hydrogen-bond acceptors (Lipinski definition) is 3. The maximum atomic E-state index is 11.8. The van der Waals surface area contributed by atoms with Gasteiger partial charge in [-0.05, 0) is 52.4 Å². The van der Waals surface area contributed by atoms with Crippen molar-refractivity contribution in [3.8, 4) is 0 Å². The molecular formula is C16H35N3O. The quantitative estimate of drug-likeness (QED) is 0.541. The summed E-state index contributed by atoms with van der Waals surface area (Å²) in [6.45, 7) is 15.0. The number of rotatable bonds is 12. The van der Waals surface area contributed by atoms with E-state index in [4.69, 9.17) is 0 Å². The Hall–Kier alpha value is -0.610. The van der Waals surface area contributed by atoms with Gasteiger partial charge in [0.15, 0.2) is 0 Å². The summed E-state index contributed by atoms with van der Waals surface area (Å²) in [4.78, 5) is 14.2. The number of carbonyl (C=O) groups excluding carboxylic acids is 1. The summed E-state index contributed by atoms with van der Waals surface area (Å²) >= 11 is 0. The van der Waals surface area contributed by atoms with Crippen LogP contribution in [-0.2, 0) is 4.79 Å². The lowest BCUT2D eigenvalue weighted by Crippen LogP contribution is -2.34. The molecule has 0 radical (unpaired) electrons. The van der Waals surface area contributed by atoms with Crippen LogP contribution in [0.2, 0.25) is 0 Å². The van der Waals surface area contributed by atoms with Crippen LogP contribution in [0.15, 0.2) is 0 Å². The fourth-order valence-corrected chi connectivity index (χ4v) is 2.22. The highest BCUT2D eigenvalue weighted by Gasteiger charge is 2.08. The van der Waals surface area contributed by atoms with Gasteiger partial charge in [-0.15, -0.1) is 0 Å². The summed E-state index contributed by atoms with van der Waals surface area (Å²) in [5.74, 6) is 0.186. The summed E-state index contributed by atoms with van der Waals surface area (Å²) in [7, 11) is 0. The van der Waals surface area contributed by atoms with Crippen LogP contribution in [0.1, 0.15) is 60.3 Å². The third kappa shape index (κ3) is 11.2. The van der Waals surface area contributed by atoms with Crippen molar-refractivity contribution >= 4 is 5.91 Å². The van der Waals surface area contributed by atoms with Crippen LogP contribution >= 0.6 is 0 Å². The van der Waals surface area contributed by atoms with Gasteiger partial charge in [0.2, 0.25) is 5.91 Å². The van der Waals surface area contributed by atoms with Gasteiger partial charge in [0.1, 0.15) is 0 Å². The fraction of sp³-hybridized carbons (Fsp3) is 0.938. The molecule has 2 N–H and O–H groups in total. The van der Waals surface area contributed by atoms with Gasteiger partial charge in [-0.2, -0.15) is 0 Å². The molecule has 0 saturated heterocycles. The normalized spacial score (nSPS) is 12.9. The molecule has 0 aromatic heterocycles. The van der Waals surface area contributed by atoms with Crippen molar-refractivity contribution in [3.63, 3.8) is 0 Å². The molecule has 0 aromatic carbocycles. The van der Waals surface area contributed by atoms with Crippen LogP contribution < -0.4 is 10.6 Å². The predicted octanol–water partition coefficient (Wildman–Crippen LogP) is 2.39. The van der Waals surface area contributed by atoms with Crippen LogP contribution in [0.25, 0.3) is 0 Å². The van der Waals surface area contributed by atoms with Gasteiger partial charge in [0, 0.05) is 18.5 Å². The van der Waals surface area contributed by atoms with Crippen LogP contribution in [0.3, 0.4) is 0 Å². The maximum Gasteiger partial charge on any atom is 0.220 e. The van der Waals surface area contributed by atoms with E-state index in [2.05, 4.69) is 50.2 Å². The zero-order valence-corrected chi connectivity index (χ0v) is 14.2. The second kappa shape index (κ2) is 12.2. The highest BCUT2D eigenvalue weighted by Crippen LogP contribution is 2.00. The minimum Gasteiger partial charge on any atom is -0.354 e. The number of carbonyl (C=O) groups is 1. The Labute approximate surface area is 125 Å². The Morgan fingerprint density at radius 2 is 1.75 bits per heavy atom. The summed E-state index contributed by atoms with van der Waals surface area (Å²) in [5.41, 5.74) is 0. The lowest BCUT2D eigenvalue weighted by atomic mass is 10.1. The van der Waals surface area contributed by atoms with Gasteiger partial charge in [-0.25, -0.2) is 0 Å². The van der Waals surface area contributed by atoms with Crippen molar-refractivity contribution in [2.45, 2.75) is 72.4 Å². The molecular weight excluding hydrogens is 250 g/mol. The monoisotopic (exact) mass is 285 g/mol. The summed E-state index contributed by atoms with van der Waals surface area (Å²) in [5, 5.41) is 6.42. The molecule has 20 heavy (non-hydrogen) atoms. The van der Waals surface area contributed by atoms with Crippen LogP contribution in [0, 0.1) is 0 Å². The van der Waals surface area contributed by atoms with E-state index < -0.39 is 0 Å². The van der Waals surface area contributed by atoms with Crippen molar-refractivity contribution in [1.29, 1.82) is 0 Å². The predicted molar refractivity (Wildman–Crippen MR) is 87.0 cm³/mol. The lowest BCUT2D eigenvalue weighted by Gasteiger charge is -2.19. The molecule has 4 heteroatoms. The molecule has 0 bridgehead atoms. The average Bonchev–Trinajstić information content (AvgIpc) is 2.39. The van der Waals surface area contributed by atoms with E-state index >= 15 is 0 Å². The Morgan fingerprint density at radius 3 is 2.30 bits per heavy atom. The van der Waals surface area contributed by atoms with Crippen LogP contribution in [0.5, 0.6) is 0 Å². The Bertz CT molecular complexity index is 240. The standard InChI is InChI=1S/C16H35N3O/c1-6-19(7-2)13-9-10-15(5)18-16(20)11-8-12-17-14(3)4/h14-15,17H,6-13H2,1-5H3,(H,18,20). The highest BCUT2D eigenvalue weighted by molar-refractivity contribution is 5.76. The van der Waals surface area contributed by atoms with E-state index in [0.717, 1.165) is 45.4 Å². The van der Waals surface area contributed by atoms with E-state index in [1.54, 1.807) is 0 Å². The van der Waals surface area contributed by atoms with Crippen LogP contribution in [0.4, 0.5) is 0 Å². The molecule has 0 spiro atoms. The summed E-state index contributed by atoms with van der Waals surface area (Å²) in [6.07, 6.45) is 3.75. The summed E-state index contributed by atoms with van der Waals surface area (Å²) in [6, 6.07) is 0.785. The maximum absolute atomic E-state index is 11.8. The Kier molecular flexibility index (Phi) is 11.8. The molecule has 0 saturated carbocycles. The SMILES string of the molecule is CCN(CC)CCCC(C)NC(=O)CCCNC(C)C. The Morgan fingerprint density at radius 1 is 1.10 bits per heavy atom.